The Morgan fingerprint density at radius 2 is 1.92 bits per heavy atom. The van der Waals surface area contributed by atoms with Gasteiger partial charge >= 0.3 is 0 Å². The third kappa shape index (κ3) is 3.40. The van der Waals surface area contributed by atoms with Gasteiger partial charge in [0, 0.05) is 51.4 Å². The maximum absolute atomic E-state index is 12.7. The number of rotatable bonds is 6. The highest BCUT2D eigenvalue weighted by Gasteiger charge is 2.28. The van der Waals surface area contributed by atoms with E-state index < -0.39 is 0 Å². The van der Waals surface area contributed by atoms with E-state index >= 15 is 0 Å². The van der Waals surface area contributed by atoms with Crippen LogP contribution in [0, 0.1) is 0 Å². The van der Waals surface area contributed by atoms with Crippen molar-refractivity contribution in [1.82, 2.24) is 14.5 Å². The van der Waals surface area contributed by atoms with Gasteiger partial charge in [-0.3, -0.25) is 9.69 Å². The molecule has 0 radical (unpaired) electrons. The van der Waals surface area contributed by atoms with E-state index in [1.165, 1.54) is 30.5 Å². The molecule has 0 bridgehead atoms. The van der Waals surface area contributed by atoms with Gasteiger partial charge in [0.15, 0.2) is 0 Å². The lowest BCUT2D eigenvalue weighted by atomic mass is 10.1. The molecule has 0 saturated carbocycles. The van der Waals surface area contributed by atoms with Crippen molar-refractivity contribution in [2.24, 2.45) is 0 Å². The van der Waals surface area contributed by atoms with E-state index in [0.29, 0.717) is 6.54 Å². The highest BCUT2D eigenvalue weighted by atomic mass is 16.1. The quantitative estimate of drug-likeness (QED) is 0.750. The van der Waals surface area contributed by atoms with Crippen LogP contribution in [-0.4, -0.2) is 34.1 Å². The van der Waals surface area contributed by atoms with Gasteiger partial charge in [-0.05, 0) is 12.0 Å². The fourth-order valence-electron chi connectivity index (χ4n) is 4.18. The van der Waals surface area contributed by atoms with Crippen LogP contribution in [-0.2, 0) is 26.1 Å². The molecule has 1 aromatic carbocycles. The zero-order valence-corrected chi connectivity index (χ0v) is 15.7. The summed E-state index contributed by atoms with van der Waals surface area (Å²) in [6.45, 7) is 7.80. The summed E-state index contributed by atoms with van der Waals surface area (Å²) >= 11 is 0. The number of fused-ring (bicyclic) bond motifs is 3. The predicted octanol–water partition coefficient (Wildman–Crippen LogP) is 2.81. The third-order valence-corrected chi connectivity index (χ3v) is 5.58. The highest BCUT2D eigenvalue weighted by molar-refractivity contribution is 5.40. The summed E-state index contributed by atoms with van der Waals surface area (Å²) in [5.74, 6) is 0.904. The van der Waals surface area contributed by atoms with Crippen molar-refractivity contribution < 1.29 is 0 Å². The molecule has 2 aliphatic heterocycles. The fraction of sp³-hybridized carbons (Fsp3) is 0.524. The molecular formula is C21H28N4O. The van der Waals surface area contributed by atoms with Crippen LogP contribution in [0.2, 0.25) is 0 Å². The molecule has 5 nitrogen and oxygen atoms in total. The zero-order valence-electron chi connectivity index (χ0n) is 15.7. The molecule has 0 saturated heterocycles. The molecule has 0 spiro atoms. The minimum Gasteiger partial charge on any atom is -0.340 e. The summed E-state index contributed by atoms with van der Waals surface area (Å²) in [6, 6.07) is 10.5. The van der Waals surface area contributed by atoms with Crippen molar-refractivity contribution in [1.29, 1.82) is 0 Å². The summed E-state index contributed by atoms with van der Waals surface area (Å²) in [6.07, 6.45) is 4.57. The van der Waals surface area contributed by atoms with Crippen LogP contribution in [0.15, 0.2) is 35.1 Å². The first-order chi connectivity index (χ1) is 12.8. The summed E-state index contributed by atoms with van der Waals surface area (Å²) in [7, 11) is 0. The molecule has 0 atom stereocenters. The number of aromatic nitrogens is 2. The Bertz CT molecular complexity index is 815. The van der Waals surface area contributed by atoms with Crippen LogP contribution in [0.5, 0.6) is 0 Å². The second-order valence-electron chi connectivity index (χ2n) is 7.43. The van der Waals surface area contributed by atoms with Crippen molar-refractivity contribution in [3.8, 4) is 0 Å². The molecule has 0 unspecified atom stereocenters. The second-order valence-corrected chi connectivity index (χ2v) is 7.43. The summed E-state index contributed by atoms with van der Waals surface area (Å²) in [5, 5.41) is 0. The highest BCUT2D eigenvalue weighted by Crippen LogP contribution is 2.25. The number of hydrogen-bond donors (Lipinski definition) is 0. The van der Waals surface area contributed by atoms with E-state index in [2.05, 4.69) is 50.5 Å². The number of hydrogen-bond acceptors (Lipinski definition) is 4. The van der Waals surface area contributed by atoms with Gasteiger partial charge in [0.25, 0.3) is 5.56 Å². The van der Waals surface area contributed by atoms with E-state index in [9.17, 15) is 4.79 Å². The van der Waals surface area contributed by atoms with Gasteiger partial charge in [-0.2, -0.15) is 4.98 Å². The Morgan fingerprint density at radius 3 is 2.73 bits per heavy atom. The number of unbranched alkanes of at least 4 members (excludes halogenated alkanes) is 2. The lowest BCUT2D eigenvalue weighted by molar-refractivity contribution is 0.239. The molecule has 26 heavy (non-hydrogen) atoms. The maximum atomic E-state index is 12.7. The van der Waals surface area contributed by atoms with Crippen molar-refractivity contribution in [2.75, 3.05) is 24.5 Å². The Morgan fingerprint density at radius 1 is 1.08 bits per heavy atom. The first-order valence-electron chi connectivity index (χ1n) is 9.90. The molecule has 4 rings (SSSR count). The van der Waals surface area contributed by atoms with E-state index in [1.54, 1.807) is 0 Å². The van der Waals surface area contributed by atoms with Gasteiger partial charge in [-0.15, -0.1) is 0 Å². The summed E-state index contributed by atoms with van der Waals surface area (Å²) < 4.78 is 2.31. The second kappa shape index (κ2) is 7.62. The average Bonchev–Trinajstić information content (AvgIpc) is 3.06. The number of benzene rings is 1. The minimum absolute atomic E-state index is 0.0218. The summed E-state index contributed by atoms with van der Waals surface area (Å²) in [4.78, 5) is 21.9. The van der Waals surface area contributed by atoms with Crippen molar-refractivity contribution in [2.45, 2.75) is 52.2 Å². The Hall–Kier alpha value is -2.14. The van der Waals surface area contributed by atoms with Gasteiger partial charge in [0.1, 0.15) is 0 Å². The minimum atomic E-state index is -0.0218. The molecule has 0 fully saturated rings. The third-order valence-electron chi connectivity index (χ3n) is 5.58. The van der Waals surface area contributed by atoms with E-state index in [1.807, 2.05) is 6.07 Å². The molecular weight excluding hydrogens is 324 g/mol. The van der Waals surface area contributed by atoms with E-state index in [4.69, 9.17) is 0 Å². The van der Waals surface area contributed by atoms with Gasteiger partial charge in [-0.1, -0.05) is 50.1 Å². The van der Waals surface area contributed by atoms with Gasteiger partial charge in [0.2, 0.25) is 5.95 Å². The van der Waals surface area contributed by atoms with E-state index in [0.717, 1.165) is 50.7 Å². The topological polar surface area (TPSA) is 41.4 Å². The largest absolute Gasteiger partial charge is 0.340 e. The molecule has 2 aromatic rings. The van der Waals surface area contributed by atoms with Crippen molar-refractivity contribution in [3.05, 3.63) is 57.5 Å². The van der Waals surface area contributed by atoms with Gasteiger partial charge < -0.3 is 9.47 Å². The fourth-order valence-corrected chi connectivity index (χ4v) is 4.18. The average molecular weight is 352 g/mol. The smallest absolute Gasteiger partial charge is 0.279 e. The van der Waals surface area contributed by atoms with Crippen LogP contribution in [0.1, 0.15) is 43.0 Å². The Kier molecular flexibility index (Phi) is 5.07. The van der Waals surface area contributed by atoms with Crippen LogP contribution >= 0.6 is 0 Å². The number of anilines is 1. The molecule has 138 valence electrons. The standard InChI is InChI=1S/C21H28N4O/c1-2-3-7-11-24-13-14-25-19-10-12-23(15-17-8-5-4-6-9-17)16-18(19)20(26)22-21(24)25/h4-6,8-9H,2-3,7,10-16H2,1H3. The van der Waals surface area contributed by atoms with Crippen molar-refractivity contribution >= 4 is 5.95 Å². The maximum Gasteiger partial charge on any atom is 0.279 e. The first-order valence-corrected chi connectivity index (χ1v) is 9.90. The van der Waals surface area contributed by atoms with Crippen LogP contribution < -0.4 is 10.5 Å². The monoisotopic (exact) mass is 352 g/mol. The molecule has 1 aromatic heterocycles. The SMILES string of the molecule is CCCCCN1CCn2c1nc(=O)c1c2CCN(Cc2ccccc2)C1. The van der Waals surface area contributed by atoms with E-state index in [-0.39, 0.29) is 5.56 Å². The first kappa shape index (κ1) is 17.3. The lowest BCUT2D eigenvalue weighted by Gasteiger charge is -2.30. The summed E-state index contributed by atoms with van der Waals surface area (Å²) in [5.41, 5.74) is 3.41. The zero-order chi connectivity index (χ0) is 17.9. The molecule has 5 heteroatoms. The predicted molar refractivity (Wildman–Crippen MR) is 104 cm³/mol. The van der Waals surface area contributed by atoms with Crippen LogP contribution in [0.4, 0.5) is 5.95 Å². The van der Waals surface area contributed by atoms with Crippen LogP contribution in [0.3, 0.4) is 0 Å². The van der Waals surface area contributed by atoms with Crippen molar-refractivity contribution in [3.63, 3.8) is 0 Å². The molecule has 3 heterocycles. The van der Waals surface area contributed by atoms with Crippen LogP contribution in [0.25, 0.3) is 0 Å². The molecule has 0 amide bonds. The van der Waals surface area contributed by atoms with Gasteiger partial charge in [-0.25, -0.2) is 0 Å². The van der Waals surface area contributed by atoms with Gasteiger partial charge in [0.05, 0.1) is 5.56 Å². The molecule has 2 aliphatic rings. The Labute approximate surface area is 155 Å². The number of nitrogens with zero attached hydrogens (tertiary/aromatic N) is 4. The normalized spacial score (nSPS) is 16.6. The molecule has 0 aliphatic carbocycles. The lowest BCUT2D eigenvalue weighted by Crippen LogP contribution is -2.37. The Balaban J connectivity index is 1.53. The molecule has 0 N–H and O–H groups in total.